The van der Waals surface area contributed by atoms with Gasteiger partial charge in [-0.2, -0.15) is 0 Å². The Labute approximate surface area is 209 Å². The van der Waals surface area contributed by atoms with E-state index in [4.69, 9.17) is 0 Å². The van der Waals surface area contributed by atoms with Gasteiger partial charge in [-0.1, -0.05) is 11.8 Å². The van der Waals surface area contributed by atoms with Crippen molar-refractivity contribution < 1.29 is 23.8 Å². The maximum Gasteiger partial charge on any atom is 0.341 e. The number of rotatable bonds is 9. The number of benzene rings is 1. The van der Waals surface area contributed by atoms with Crippen LogP contribution in [-0.4, -0.2) is 67.8 Å². The van der Waals surface area contributed by atoms with Gasteiger partial charge in [-0.15, -0.1) is 0 Å². The van der Waals surface area contributed by atoms with E-state index in [0.29, 0.717) is 31.8 Å². The number of carbonyl (C=O) groups is 1. The van der Waals surface area contributed by atoms with Crippen molar-refractivity contribution in [2.75, 3.05) is 30.3 Å². The number of aliphatic hydroxyl groups excluding tert-OH is 1. The molecule has 2 atom stereocenters. The predicted octanol–water partition coefficient (Wildman–Crippen LogP) is 2.37. The van der Waals surface area contributed by atoms with Gasteiger partial charge >= 0.3 is 5.97 Å². The first kappa shape index (κ1) is 24.7. The van der Waals surface area contributed by atoms with Crippen LogP contribution in [0.2, 0.25) is 0 Å². The molecule has 3 heterocycles. The molecule has 0 radical (unpaired) electrons. The quantitative estimate of drug-likeness (QED) is 0.370. The van der Waals surface area contributed by atoms with Crippen molar-refractivity contribution in [1.82, 2.24) is 19.4 Å². The van der Waals surface area contributed by atoms with Gasteiger partial charge in [0.05, 0.1) is 17.0 Å². The van der Waals surface area contributed by atoms with Gasteiger partial charge in [0.25, 0.3) is 0 Å². The summed E-state index contributed by atoms with van der Waals surface area (Å²) < 4.78 is 34.3. The molecule has 1 saturated carbocycles. The lowest BCUT2D eigenvalue weighted by molar-refractivity contribution is 0.0694. The number of thioether (sulfide) groups is 1. The third-order valence-electron chi connectivity index (χ3n) is 6.68. The smallest absolute Gasteiger partial charge is 0.341 e. The summed E-state index contributed by atoms with van der Waals surface area (Å²) in [7, 11) is 1.88. The van der Waals surface area contributed by atoms with E-state index in [-0.39, 0.29) is 28.7 Å². The second-order valence-electron chi connectivity index (χ2n) is 9.36. The Balaban J connectivity index is 1.32. The molecule has 0 bridgehead atoms. The number of carboxylic acid groups (broad SMARTS) is 1. The Hall–Kier alpha value is -2.96. The molecular weight excluding hydrogens is 492 g/mol. The number of aryl methyl sites for hydroxylation is 1. The van der Waals surface area contributed by atoms with Crippen LogP contribution in [0.5, 0.6) is 0 Å². The highest BCUT2D eigenvalue weighted by molar-refractivity contribution is 7.99. The molecule has 1 aromatic carbocycles. The number of nitrogens with zero attached hydrogens (tertiary/aromatic N) is 4. The van der Waals surface area contributed by atoms with Crippen molar-refractivity contribution in [1.29, 1.82) is 0 Å². The Kier molecular flexibility index (Phi) is 6.75. The van der Waals surface area contributed by atoms with Crippen LogP contribution < -0.4 is 15.6 Å². The molecular formula is C24H27F2N5O4S. The number of halogens is 2. The number of carboxylic acids is 1. The zero-order chi connectivity index (χ0) is 25.6. The minimum Gasteiger partial charge on any atom is -0.477 e. The van der Waals surface area contributed by atoms with Crippen molar-refractivity contribution in [3.8, 4) is 0 Å². The number of aliphatic hydroxyl groups is 1. The van der Waals surface area contributed by atoms with Crippen molar-refractivity contribution in [3.63, 3.8) is 0 Å². The molecule has 1 aliphatic heterocycles. The average Bonchev–Trinajstić information content (AvgIpc) is 3.44. The summed E-state index contributed by atoms with van der Waals surface area (Å²) in [5.41, 5.74) is -1.65. The molecule has 0 amide bonds. The van der Waals surface area contributed by atoms with E-state index in [2.05, 4.69) is 10.3 Å². The van der Waals surface area contributed by atoms with Gasteiger partial charge in [0.15, 0.2) is 11.0 Å². The third-order valence-corrected chi connectivity index (χ3v) is 7.89. The van der Waals surface area contributed by atoms with Crippen LogP contribution in [0, 0.1) is 11.6 Å². The van der Waals surface area contributed by atoms with E-state index in [1.165, 1.54) is 22.5 Å². The Bertz CT molecular complexity index is 1370. The van der Waals surface area contributed by atoms with Gasteiger partial charge < -0.3 is 29.6 Å². The lowest BCUT2D eigenvalue weighted by atomic mass is 10.1. The van der Waals surface area contributed by atoms with Gasteiger partial charge in [0.2, 0.25) is 5.43 Å². The molecule has 3 N–H and O–H groups in total. The van der Waals surface area contributed by atoms with E-state index in [1.807, 2.05) is 17.8 Å². The van der Waals surface area contributed by atoms with Crippen LogP contribution in [0.1, 0.15) is 35.7 Å². The van der Waals surface area contributed by atoms with E-state index in [9.17, 15) is 19.8 Å². The number of fused-ring (bicyclic) bond motifs is 1. The van der Waals surface area contributed by atoms with Crippen LogP contribution in [0.3, 0.4) is 0 Å². The second-order valence-corrected chi connectivity index (χ2v) is 10.3. The molecule has 3 aromatic rings. The van der Waals surface area contributed by atoms with Crippen LogP contribution in [0.4, 0.5) is 14.5 Å². The van der Waals surface area contributed by atoms with Crippen LogP contribution >= 0.6 is 11.8 Å². The number of anilines is 1. The van der Waals surface area contributed by atoms with Gasteiger partial charge in [0.1, 0.15) is 17.1 Å². The Morgan fingerprint density at radius 3 is 2.78 bits per heavy atom. The molecule has 2 aliphatic rings. The van der Waals surface area contributed by atoms with Crippen molar-refractivity contribution in [2.45, 2.75) is 42.6 Å². The minimum absolute atomic E-state index is 0.0537. The molecule has 0 spiro atoms. The van der Waals surface area contributed by atoms with Gasteiger partial charge in [-0.3, -0.25) is 4.79 Å². The number of aromatic nitrogens is 3. The highest BCUT2D eigenvalue weighted by Crippen LogP contribution is 2.40. The van der Waals surface area contributed by atoms with Gasteiger partial charge in [0, 0.05) is 63.1 Å². The van der Waals surface area contributed by atoms with Crippen molar-refractivity contribution in [2.24, 2.45) is 7.05 Å². The fourth-order valence-electron chi connectivity index (χ4n) is 4.67. The molecule has 192 valence electrons. The molecule has 12 heteroatoms. The maximum atomic E-state index is 15.8. The third kappa shape index (κ3) is 4.72. The number of hydrogen-bond acceptors (Lipinski definition) is 7. The molecule has 9 nitrogen and oxygen atoms in total. The largest absolute Gasteiger partial charge is 0.477 e. The lowest BCUT2D eigenvalue weighted by Crippen LogP contribution is -2.38. The lowest BCUT2D eigenvalue weighted by Gasteiger charge is -2.23. The van der Waals surface area contributed by atoms with Crippen LogP contribution in [-0.2, 0) is 7.05 Å². The molecule has 36 heavy (non-hydrogen) atoms. The van der Waals surface area contributed by atoms with Crippen LogP contribution in [0.15, 0.2) is 34.6 Å². The van der Waals surface area contributed by atoms with Gasteiger partial charge in [-0.05, 0) is 25.3 Å². The summed E-state index contributed by atoms with van der Waals surface area (Å²) in [5.74, 6) is -2.71. The van der Waals surface area contributed by atoms with E-state index >= 15 is 8.78 Å². The standard InChI is InChI=1S/C24H27F2N5O4S/c1-29-7-5-27-24(29)36-12-15(32)9-28-13-4-6-30(10-13)21-18(25)8-16-20(19(21)26)31(14-2-3-14)11-17(22(16)33)23(34)35/h5,7-8,11,13-15,28,32H,2-4,6,9-10,12H2,1H3,(H,34,35). The summed E-state index contributed by atoms with van der Waals surface area (Å²) in [4.78, 5) is 30.0. The average molecular weight is 520 g/mol. The van der Waals surface area contributed by atoms with Crippen molar-refractivity contribution in [3.05, 3.63) is 52.1 Å². The van der Waals surface area contributed by atoms with Crippen molar-refractivity contribution >= 4 is 34.3 Å². The monoisotopic (exact) mass is 519 g/mol. The summed E-state index contributed by atoms with van der Waals surface area (Å²) in [6.45, 7) is 1.06. The van der Waals surface area contributed by atoms with Gasteiger partial charge in [-0.25, -0.2) is 18.6 Å². The predicted molar refractivity (Wildman–Crippen MR) is 132 cm³/mol. The molecule has 1 saturated heterocycles. The Morgan fingerprint density at radius 2 is 2.11 bits per heavy atom. The number of imidazole rings is 1. The highest BCUT2D eigenvalue weighted by atomic mass is 32.2. The highest BCUT2D eigenvalue weighted by Gasteiger charge is 2.33. The first-order chi connectivity index (χ1) is 17.2. The molecule has 5 rings (SSSR count). The number of aromatic carboxylic acids is 1. The normalized spacial score (nSPS) is 18.8. The molecule has 2 aromatic heterocycles. The fraction of sp³-hybridized carbons (Fsp3) is 0.458. The Morgan fingerprint density at radius 1 is 1.33 bits per heavy atom. The summed E-state index contributed by atoms with van der Waals surface area (Å²) in [6, 6.07) is 0.769. The fourth-order valence-corrected chi connectivity index (χ4v) is 5.53. The number of hydrogen-bond donors (Lipinski definition) is 3. The first-order valence-corrected chi connectivity index (χ1v) is 12.8. The topological polar surface area (TPSA) is 113 Å². The van der Waals surface area contributed by atoms with E-state index in [0.717, 1.165) is 24.1 Å². The first-order valence-electron chi connectivity index (χ1n) is 11.8. The van der Waals surface area contributed by atoms with E-state index in [1.54, 1.807) is 11.1 Å². The SMILES string of the molecule is Cn1ccnc1SCC(O)CNC1CCN(c2c(F)cc3c(=O)c(C(=O)O)cn(C4CC4)c3c2F)C1. The zero-order valence-electron chi connectivity index (χ0n) is 19.7. The summed E-state index contributed by atoms with van der Waals surface area (Å²) in [6.07, 6.45) is 6.18. The summed E-state index contributed by atoms with van der Waals surface area (Å²) >= 11 is 1.45. The maximum absolute atomic E-state index is 15.8. The van der Waals surface area contributed by atoms with Crippen LogP contribution in [0.25, 0.3) is 10.9 Å². The molecule has 2 unspecified atom stereocenters. The molecule has 2 fully saturated rings. The summed E-state index contributed by atoms with van der Waals surface area (Å²) in [5, 5.41) is 23.5. The minimum atomic E-state index is -1.42. The number of pyridine rings is 1. The van der Waals surface area contributed by atoms with E-state index < -0.39 is 34.7 Å². The molecule has 1 aliphatic carbocycles. The second kappa shape index (κ2) is 9.83. The number of nitrogens with one attached hydrogen (secondary N) is 1. The zero-order valence-corrected chi connectivity index (χ0v) is 20.5.